The predicted octanol–water partition coefficient (Wildman–Crippen LogP) is 3.86. The van der Waals surface area contributed by atoms with Crippen LogP contribution in [0.4, 0.5) is 13.2 Å². The Morgan fingerprint density at radius 1 is 1.48 bits per heavy atom. The minimum absolute atomic E-state index is 0.0288. The number of ether oxygens (including phenoxy) is 1. The normalized spacial score (nSPS) is 13.4. The topological polar surface area (TPSA) is 34.1 Å². The van der Waals surface area contributed by atoms with E-state index in [4.69, 9.17) is 16.3 Å². The SMILES string of the molecule is COCCCNCC(C)Sc1ncc(C(F)(F)F)cc1Cl. The van der Waals surface area contributed by atoms with Gasteiger partial charge in [0.25, 0.3) is 0 Å². The van der Waals surface area contributed by atoms with Crippen molar-refractivity contribution >= 4 is 23.4 Å². The maximum absolute atomic E-state index is 12.5. The summed E-state index contributed by atoms with van der Waals surface area (Å²) in [5, 5.41) is 3.83. The van der Waals surface area contributed by atoms with E-state index in [1.807, 2.05) is 6.92 Å². The number of nitrogens with one attached hydrogen (secondary N) is 1. The van der Waals surface area contributed by atoms with Crippen molar-refractivity contribution in [2.24, 2.45) is 0 Å². The Morgan fingerprint density at radius 3 is 2.76 bits per heavy atom. The molecule has 1 heterocycles. The molecular weight excluding hydrogens is 325 g/mol. The minimum atomic E-state index is -4.42. The van der Waals surface area contributed by atoms with Crippen molar-refractivity contribution in [3.8, 4) is 0 Å². The molecule has 0 amide bonds. The lowest BCUT2D eigenvalue weighted by Crippen LogP contribution is -2.24. The standard InChI is InChI=1S/C13H18ClF3N2OS/c1-9(7-18-4-3-5-20-2)21-12-11(14)6-10(8-19-12)13(15,16)17/h6,8-9,18H,3-5,7H2,1-2H3. The third-order valence-electron chi connectivity index (χ3n) is 2.58. The highest BCUT2D eigenvalue weighted by Gasteiger charge is 2.31. The summed E-state index contributed by atoms with van der Waals surface area (Å²) in [5.41, 5.74) is -0.831. The highest BCUT2D eigenvalue weighted by molar-refractivity contribution is 8.00. The van der Waals surface area contributed by atoms with Crippen molar-refractivity contribution in [1.82, 2.24) is 10.3 Å². The lowest BCUT2D eigenvalue weighted by molar-refractivity contribution is -0.137. The summed E-state index contributed by atoms with van der Waals surface area (Å²) in [6.45, 7) is 4.20. The van der Waals surface area contributed by atoms with E-state index in [0.717, 1.165) is 25.2 Å². The number of thioether (sulfide) groups is 1. The second-order valence-electron chi connectivity index (χ2n) is 4.49. The molecule has 0 aromatic carbocycles. The fourth-order valence-corrected chi connectivity index (χ4v) is 2.71. The van der Waals surface area contributed by atoms with Crippen LogP contribution in [-0.2, 0) is 10.9 Å². The largest absolute Gasteiger partial charge is 0.417 e. The molecule has 0 saturated heterocycles. The van der Waals surface area contributed by atoms with Gasteiger partial charge in [-0.15, -0.1) is 11.8 Å². The molecule has 21 heavy (non-hydrogen) atoms. The third-order valence-corrected chi connectivity index (χ3v) is 4.10. The lowest BCUT2D eigenvalue weighted by Gasteiger charge is -2.13. The average molecular weight is 343 g/mol. The molecule has 0 aliphatic rings. The average Bonchev–Trinajstić information content (AvgIpc) is 2.39. The summed E-state index contributed by atoms with van der Waals surface area (Å²) in [7, 11) is 1.65. The van der Waals surface area contributed by atoms with Crippen LogP contribution in [0.5, 0.6) is 0 Å². The molecule has 3 nitrogen and oxygen atoms in total. The molecule has 120 valence electrons. The van der Waals surface area contributed by atoms with Crippen molar-refractivity contribution in [2.75, 3.05) is 26.8 Å². The van der Waals surface area contributed by atoms with E-state index in [0.29, 0.717) is 18.2 Å². The number of alkyl halides is 3. The highest BCUT2D eigenvalue weighted by atomic mass is 35.5. The van der Waals surface area contributed by atoms with E-state index in [1.165, 1.54) is 11.8 Å². The van der Waals surface area contributed by atoms with Gasteiger partial charge in [-0.1, -0.05) is 18.5 Å². The summed E-state index contributed by atoms with van der Waals surface area (Å²) < 4.78 is 42.4. The monoisotopic (exact) mass is 342 g/mol. The fraction of sp³-hybridized carbons (Fsp3) is 0.615. The smallest absolute Gasteiger partial charge is 0.385 e. The minimum Gasteiger partial charge on any atom is -0.385 e. The summed E-state index contributed by atoms with van der Waals surface area (Å²) >= 11 is 7.21. The van der Waals surface area contributed by atoms with E-state index < -0.39 is 11.7 Å². The van der Waals surface area contributed by atoms with Crippen LogP contribution in [0.15, 0.2) is 17.3 Å². The number of aromatic nitrogens is 1. The molecule has 0 aliphatic carbocycles. The van der Waals surface area contributed by atoms with Gasteiger partial charge in [-0.3, -0.25) is 0 Å². The first-order valence-corrected chi connectivity index (χ1v) is 7.69. The molecular formula is C13H18ClF3N2OS. The van der Waals surface area contributed by atoms with Crippen LogP contribution >= 0.6 is 23.4 Å². The van der Waals surface area contributed by atoms with Crippen LogP contribution in [0.1, 0.15) is 18.9 Å². The quantitative estimate of drug-likeness (QED) is 0.574. The van der Waals surface area contributed by atoms with Crippen LogP contribution in [-0.4, -0.2) is 37.0 Å². The number of rotatable bonds is 8. The summed E-state index contributed by atoms with van der Waals surface area (Å²) in [4.78, 5) is 3.81. The molecule has 0 aliphatic heterocycles. The first-order valence-electron chi connectivity index (χ1n) is 6.43. The first kappa shape index (κ1) is 18.5. The van der Waals surface area contributed by atoms with Crippen LogP contribution in [0.3, 0.4) is 0 Å². The zero-order valence-corrected chi connectivity index (χ0v) is 13.4. The molecule has 0 spiro atoms. The van der Waals surface area contributed by atoms with Gasteiger partial charge in [-0.05, 0) is 19.0 Å². The summed E-state index contributed by atoms with van der Waals surface area (Å²) in [6, 6.07) is 0.912. The molecule has 0 fully saturated rings. The summed E-state index contributed by atoms with van der Waals surface area (Å²) in [5.74, 6) is 0. The van der Waals surface area contributed by atoms with Gasteiger partial charge in [0, 0.05) is 31.7 Å². The van der Waals surface area contributed by atoms with Gasteiger partial charge in [0.15, 0.2) is 0 Å². The second kappa shape index (κ2) is 8.82. The van der Waals surface area contributed by atoms with Gasteiger partial charge in [0.2, 0.25) is 0 Å². The van der Waals surface area contributed by atoms with Gasteiger partial charge in [-0.2, -0.15) is 13.2 Å². The number of hydrogen-bond acceptors (Lipinski definition) is 4. The number of pyridine rings is 1. The molecule has 0 bridgehead atoms. The molecule has 1 aromatic heterocycles. The molecule has 0 saturated carbocycles. The lowest BCUT2D eigenvalue weighted by atomic mass is 10.3. The highest BCUT2D eigenvalue weighted by Crippen LogP contribution is 2.34. The van der Waals surface area contributed by atoms with Gasteiger partial charge in [-0.25, -0.2) is 4.98 Å². The van der Waals surface area contributed by atoms with Crippen LogP contribution in [0.25, 0.3) is 0 Å². The maximum Gasteiger partial charge on any atom is 0.417 e. The maximum atomic E-state index is 12.5. The molecule has 1 aromatic rings. The molecule has 1 atom stereocenters. The van der Waals surface area contributed by atoms with E-state index in [2.05, 4.69) is 10.3 Å². The Labute approximate surface area is 131 Å². The molecule has 0 radical (unpaired) electrons. The Kier molecular flexibility index (Phi) is 7.79. The second-order valence-corrected chi connectivity index (χ2v) is 6.32. The zero-order chi connectivity index (χ0) is 15.9. The molecule has 1 rings (SSSR count). The van der Waals surface area contributed by atoms with Crippen molar-refractivity contribution in [3.63, 3.8) is 0 Å². The van der Waals surface area contributed by atoms with Crippen molar-refractivity contribution < 1.29 is 17.9 Å². The van der Waals surface area contributed by atoms with E-state index in [9.17, 15) is 13.2 Å². The van der Waals surface area contributed by atoms with Gasteiger partial charge in [0.05, 0.1) is 10.6 Å². The van der Waals surface area contributed by atoms with Crippen molar-refractivity contribution in [3.05, 3.63) is 22.8 Å². The van der Waals surface area contributed by atoms with Gasteiger partial charge in [0.1, 0.15) is 5.03 Å². The van der Waals surface area contributed by atoms with E-state index >= 15 is 0 Å². The number of halogens is 4. The zero-order valence-electron chi connectivity index (χ0n) is 11.8. The Hall–Kier alpha value is -0.500. The Morgan fingerprint density at radius 2 is 2.19 bits per heavy atom. The van der Waals surface area contributed by atoms with Gasteiger partial charge < -0.3 is 10.1 Å². The van der Waals surface area contributed by atoms with Crippen LogP contribution in [0, 0.1) is 0 Å². The number of methoxy groups -OCH3 is 1. The summed E-state index contributed by atoms with van der Waals surface area (Å²) in [6.07, 6.45) is -2.70. The Bertz CT molecular complexity index is 446. The number of hydrogen-bond donors (Lipinski definition) is 1. The van der Waals surface area contributed by atoms with Crippen LogP contribution < -0.4 is 5.32 Å². The van der Waals surface area contributed by atoms with Crippen LogP contribution in [0.2, 0.25) is 5.02 Å². The molecule has 1 N–H and O–H groups in total. The number of nitrogens with zero attached hydrogens (tertiary/aromatic N) is 1. The molecule has 8 heteroatoms. The first-order chi connectivity index (χ1) is 9.84. The third kappa shape index (κ3) is 6.86. The van der Waals surface area contributed by atoms with Crippen molar-refractivity contribution in [2.45, 2.75) is 29.8 Å². The molecule has 1 unspecified atom stereocenters. The van der Waals surface area contributed by atoms with Gasteiger partial charge >= 0.3 is 6.18 Å². The van der Waals surface area contributed by atoms with E-state index in [-0.39, 0.29) is 10.3 Å². The Balaban J connectivity index is 2.47. The predicted molar refractivity (Wildman–Crippen MR) is 78.9 cm³/mol. The fourth-order valence-electron chi connectivity index (χ4n) is 1.55. The van der Waals surface area contributed by atoms with E-state index in [1.54, 1.807) is 7.11 Å². The van der Waals surface area contributed by atoms with Crippen molar-refractivity contribution in [1.29, 1.82) is 0 Å².